The maximum absolute atomic E-state index is 11.3. The van der Waals surface area contributed by atoms with Crippen LogP contribution >= 0.6 is 15.6 Å². The van der Waals surface area contributed by atoms with E-state index < -0.39 is 53.0 Å². The van der Waals surface area contributed by atoms with Crippen LogP contribution < -0.4 is 0 Å². The molecule has 0 radical (unpaired) electrons. The number of hydrogen-bond acceptors (Lipinski definition) is 8. The van der Waals surface area contributed by atoms with Crippen LogP contribution in [0.4, 0.5) is 0 Å². The zero-order valence-corrected chi connectivity index (χ0v) is 11.8. The molecule has 0 saturated carbocycles. The molecule has 13 nitrogen and oxygen atoms in total. The van der Waals surface area contributed by atoms with Gasteiger partial charge in [-0.3, -0.25) is 13.6 Å². The van der Waals surface area contributed by atoms with Gasteiger partial charge in [-0.25, -0.2) is 18.7 Å². The Morgan fingerprint density at radius 2 is 1.43 bits per heavy atom. The van der Waals surface area contributed by atoms with Crippen molar-refractivity contribution in [1.29, 1.82) is 0 Å². The number of rotatable bonds is 10. The van der Waals surface area contributed by atoms with Gasteiger partial charge in [0.05, 0.1) is 13.2 Å². The topological polar surface area (TPSA) is 217 Å². The molecular formula is C6H12O13P2. The number of aliphatic hydroxyl groups is 1. The number of aliphatic hydroxyl groups excluding tert-OH is 1. The fraction of sp³-hybridized carbons (Fsp3) is 0.667. The smallest absolute Gasteiger partial charge is 0.473 e. The minimum Gasteiger partial charge on any atom is -0.479 e. The van der Waals surface area contributed by atoms with Crippen LogP contribution in [0.5, 0.6) is 0 Å². The maximum atomic E-state index is 11.3. The van der Waals surface area contributed by atoms with E-state index in [-0.39, 0.29) is 0 Å². The molecule has 0 heterocycles. The summed E-state index contributed by atoms with van der Waals surface area (Å²) in [5, 5.41) is 25.6. The van der Waals surface area contributed by atoms with Gasteiger partial charge >= 0.3 is 27.6 Å². The molecule has 6 N–H and O–H groups in total. The van der Waals surface area contributed by atoms with E-state index in [1.165, 1.54) is 0 Å². The van der Waals surface area contributed by atoms with E-state index in [1.807, 2.05) is 0 Å². The predicted octanol–water partition coefficient (Wildman–Crippen LogP) is -1.87. The standard InChI is InChI=1S/C6H12O13P2/c7-1-3(5(8)9)19-21(15,16)17-2-4(6(10)11)18-20(12,13)14/h3-4,7H,1-2H2,(H,8,9)(H,10,11)(H,15,16)(H2,12,13,14). The van der Waals surface area contributed by atoms with Crippen molar-refractivity contribution in [2.45, 2.75) is 12.2 Å². The number of phosphoric acid groups is 2. The maximum Gasteiger partial charge on any atom is 0.473 e. The summed E-state index contributed by atoms with van der Waals surface area (Å²) in [6.07, 6.45) is -4.43. The Labute approximate surface area is 116 Å². The largest absolute Gasteiger partial charge is 0.479 e. The lowest BCUT2D eigenvalue weighted by Crippen LogP contribution is -2.30. The Morgan fingerprint density at radius 1 is 0.952 bits per heavy atom. The van der Waals surface area contributed by atoms with Crippen molar-refractivity contribution in [1.82, 2.24) is 0 Å². The highest BCUT2D eigenvalue weighted by Gasteiger charge is 2.35. The van der Waals surface area contributed by atoms with Gasteiger partial charge in [-0.15, -0.1) is 0 Å². The van der Waals surface area contributed by atoms with Crippen LogP contribution in [0.25, 0.3) is 0 Å². The SMILES string of the molecule is O=C(O)C(COP(=O)(O)OC(CO)C(=O)O)OP(=O)(O)O. The van der Waals surface area contributed by atoms with Gasteiger partial charge in [-0.1, -0.05) is 0 Å². The van der Waals surface area contributed by atoms with Crippen molar-refractivity contribution in [3.05, 3.63) is 0 Å². The highest BCUT2D eigenvalue weighted by molar-refractivity contribution is 7.47. The first-order chi connectivity index (χ1) is 9.38. The summed E-state index contributed by atoms with van der Waals surface area (Å²) in [5.41, 5.74) is 0. The molecule has 0 aliphatic carbocycles. The molecule has 0 aliphatic rings. The molecule has 15 heteroatoms. The first-order valence-electron chi connectivity index (χ1n) is 4.84. The zero-order chi connectivity index (χ0) is 16.8. The van der Waals surface area contributed by atoms with Gasteiger partial charge in [0.25, 0.3) is 0 Å². The van der Waals surface area contributed by atoms with Crippen LogP contribution in [-0.2, 0) is 32.3 Å². The van der Waals surface area contributed by atoms with Crippen molar-refractivity contribution < 1.29 is 62.3 Å². The molecule has 0 aliphatic heterocycles. The average molecular weight is 354 g/mol. The highest BCUT2D eigenvalue weighted by Crippen LogP contribution is 2.45. The van der Waals surface area contributed by atoms with E-state index in [2.05, 4.69) is 13.6 Å². The van der Waals surface area contributed by atoms with Gasteiger partial charge in [0, 0.05) is 0 Å². The molecule has 0 aromatic carbocycles. The highest BCUT2D eigenvalue weighted by atomic mass is 31.2. The Morgan fingerprint density at radius 3 is 1.76 bits per heavy atom. The number of carboxylic acids is 2. The van der Waals surface area contributed by atoms with E-state index in [9.17, 15) is 18.7 Å². The molecule has 3 atom stereocenters. The second-order valence-corrected chi connectivity index (χ2v) is 5.90. The molecule has 124 valence electrons. The molecule has 3 unspecified atom stereocenters. The summed E-state index contributed by atoms with van der Waals surface area (Å²) in [6.45, 7) is -2.50. The van der Waals surface area contributed by atoms with E-state index in [0.717, 1.165) is 0 Å². The van der Waals surface area contributed by atoms with Crippen molar-refractivity contribution in [2.24, 2.45) is 0 Å². The van der Waals surface area contributed by atoms with Crippen LogP contribution in [0.2, 0.25) is 0 Å². The lowest BCUT2D eigenvalue weighted by molar-refractivity contribution is -0.150. The third-order valence-electron chi connectivity index (χ3n) is 1.63. The van der Waals surface area contributed by atoms with E-state index in [0.29, 0.717) is 0 Å². The molecule has 0 saturated heterocycles. The van der Waals surface area contributed by atoms with Gasteiger partial charge in [-0.2, -0.15) is 0 Å². The van der Waals surface area contributed by atoms with Crippen LogP contribution in [0.1, 0.15) is 0 Å². The second-order valence-electron chi connectivity index (χ2n) is 3.30. The van der Waals surface area contributed by atoms with E-state index in [1.54, 1.807) is 0 Å². The lowest BCUT2D eigenvalue weighted by atomic mass is 10.4. The minimum atomic E-state index is -5.21. The van der Waals surface area contributed by atoms with Crippen molar-refractivity contribution in [2.75, 3.05) is 13.2 Å². The molecule has 0 spiro atoms. The Balaban J connectivity index is 4.71. The molecular weight excluding hydrogens is 342 g/mol. The number of carbonyl (C=O) groups is 2. The summed E-state index contributed by atoms with van der Waals surface area (Å²) in [5.74, 6) is -3.72. The molecule has 0 bridgehead atoms. The zero-order valence-electron chi connectivity index (χ0n) is 10.0. The van der Waals surface area contributed by atoms with Gasteiger partial charge in [0.1, 0.15) is 0 Å². The predicted molar refractivity (Wildman–Crippen MR) is 59.9 cm³/mol. The third kappa shape index (κ3) is 8.88. The normalized spacial score (nSPS) is 17.7. The third-order valence-corrected chi connectivity index (χ3v) is 3.16. The number of carboxylic acid groups (broad SMARTS) is 2. The van der Waals surface area contributed by atoms with Crippen LogP contribution in [-0.4, -0.2) is 67.4 Å². The number of phosphoric ester groups is 2. The fourth-order valence-corrected chi connectivity index (χ4v) is 2.17. The summed E-state index contributed by atoms with van der Waals surface area (Å²) in [7, 11) is -10.3. The second kappa shape index (κ2) is 7.94. The van der Waals surface area contributed by atoms with Crippen molar-refractivity contribution >= 4 is 27.6 Å². The summed E-state index contributed by atoms with van der Waals surface area (Å²) < 4.78 is 33.6. The molecule has 0 fully saturated rings. The molecule has 21 heavy (non-hydrogen) atoms. The Hall–Kier alpha value is -0.880. The van der Waals surface area contributed by atoms with Crippen LogP contribution in [0, 0.1) is 0 Å². The summed E-state index contributed by atoms with van der Waals surface area (Å²) in [4.78, 5) is 47.0. The molecule has 0 aromatic heterocycles. The van der Waals surface area contributed by atoms with Gasteiger partial charge in [0.15, 0.2) is 12.2 Å². The van der Waals surface area contributed by atoms with E-state index in [4.69, 9.17) is 30.0 Å². The van der Waals surface area contributed by atoms with E-state index >= 15 is 0 Å². The minimum absolute atomic E-state index is 1.18. The number of hydrogen-bond donors (Lipinski definition) is 6. The summed E-state index contributed by atoms with van der Waals surface area (Å²) >= 11 is 0. The van der Waals surface area contributed by atoms with Crippen molar-refractivity contribution in [3.63, 3.8) is 0 Å². The first-order valence-corrected chi connectivity index (χ1v) is 7.86. The monoisotopic (exact) mass is 354 g/mol. The van der Waals surface area contributed by atoms with Crippen molar-refractivity contribution in [3.8, 4) is 0 Å². The molecule has 0 rings (SSSR count). The Kier molecular flexibility index (Phi) is 7.61. The molecule has 0 aromatic rings. The average Bonchev–Trinajstić information content (AvgIpc) is 2.29. The Bertz CT molecular complexity index is 467. The van der Waals surface area contributed by atoms with Crippen LogP contribution in [0.3, 0.4) is 0 Å². The van der Waals surface area contributed by atoms with Gasteiger partial charge in [-0.05, 0) is 0 Å². The van der Waals surface area contributed by atoms with Gasteiger partial charge < -0.3 is 30.0 Å². The lowest BCUT2D eigenvalue weighted by Gasteiger charge is -2.18. The molecule has 0 amide bonds. The van der Waals surface area contributed by atoms with Crippen LogP contribution in [0.15, 0.2) is 0 Å². The number of aliphatic carboxylic acids is 2. The first kappa shape index (κ1) is 20.1. The van der Waals surface area contributed by atoms with Gasteiger partial charge in [0.2, 0.25) is 0 Å². The fourth-order valence-electron chi connectivity index (χ4n) is 0.822. The summed E-state index contributed by atoms with van der Waals surface area (Å²) in [6, 6.07) is 0. The quantitative estimate of drug-likeness (QED) is 0.237.